The van der Waals surface area contributed by atoms with Crippen LogP contribution in [0.1, 0.15) is 42.5 Å². The molecule has 0 amide bonds. The van der Waals surface area contributed by atoms with Crippen LogP contribution >= 0.6 is 0 Å². The predicted molar refractivity (Wildman–Crippen MR) is 91.7 cm³/mol. The lowest BCUT2D eigenvalue weighted by atomic mass is 10.1. The Morgan fingerprint density at radius 2 is 1.57 bits per heavy atom. The van der Waals surface area contributed by atoms with Gasteiger partial charge >= 0.3 is 0 Å². The van der Waals surface area contributed by atoms with Crippen LogP contribution in [0.5, 0.6) is 5.75 Å². The van der Waals surface area contributed by atoms with Crippen LogP contribution in [-0.2, 0) is 6.42 Å². The Hall–Kier alpha value is -2.02. The van der Waals surface area contributed by atoms with Gasteiger partial charge in [0.2, 0.25) is 0 Å². The van der Waals surface area contributed by atoms with E-state index in [0.717, 1.165) is 25.2 Å². The summed E-state index contributed by atoms with van der Waals surface area (Å²) in [5.74, 6) is 0.987. The van der Waals surface area contributed by atoms with Crippen molar-refractivity contribution < 1.29 is 4.74 Å². The van der Waals surface area contributed by atoms with Gasteiger partial charge in [0.25, 0.3) is 0 Å². The summed E-state index contributed by atoms with van der Waals surface area (Å²) in [5.41, 5.74) is 5.00. The van der Waals surface area contributed by atoms with Crippen LogP contribution < -0.4 is 4.74 Å². The maximum Gasteiger partial charge on any atom is 0.122 e. The second-order valence-electron chi connectivity index (χ2n) is 5.30. The van der Waals surface area contributed by atoms with Crippen LogP contribution in [-0.4, -0.2) is 6.61 Å². The molecule has 2 aromatic rings. The fraction of sp³-hybridized carbons (Fsp3) is 0.300. The van der Waals surface area contributed by atoms with Gasteiger partial charge < -0.3 is 4.74 Å². The van der Waals surface area contributed by atoms with E-state index >= 15 is 0 Å². The highest BCUT2D eigenvalue weighted by Gasteiger charge is 1.99. The first kappa shape index (κ1) is 15.4. The highest BCUT2D eigenvalue weighted by atomic mass is 16.5. The number of ether oxygens (including phenoxy) is 1. The van der Waals surface area contributed by atoms with Gasteiger partial charge in [0, 0.05) is 0 Å². The molecular weight excluding hydrogens is 256 g/mol. The van der Waals surface area contributed by atoms with Gasteiger partial charge in [-0.1, -0.05) is 56.3 Å². The molecule has 2 rings (SSSR count). The number of aryl methyl sites for hydroxylation is 2. The molecule has 0 heterocycles. The van der Waals surface area contributed by atoms with Gasteiger partial charge in [0.05, 0.1) is 6.61 Å². The van der Waals surface area contributed by atoms with Gasteiger partial charge in [-0.25, -0.2) is 0 Å². The zero-order valence-electron chi connectivity index (χ0n) is 13.2. The number of rotatable bonds is 6. The zero-order valence-corrected chi connectivity index (χ0v) is 13.2. The molecule has 110 valence electrons. The normalized spacial score (nSPS) is 11.0. The van der Waals surface area contributed by atoms with Crippen molar-refractivity contribution in [2.45, 2.75) is 33.6 Å². The molecule has 1 nitrogen and oxygen atoms in total. The molecule has 0 saturated heterocycles. The fourth-order valence-corrected chi connectivity index (χ4v) is 2.21. The van der Waals surface area contributed by atoms with Crippen LogP contribution in [0.3, 0.4) is 0 Å². The van der Waals surface area contributed by atoms with Crippen molar-refractivity contribution in [3.8, 4) is 5.75 Å². The number of hydrogen-bond donors (Lipinski definition) is 0. The molecule has 0 fully saturated rings. The Kier molecular flexibility index (Phi) is 5.62. The third-order valence-electron chi connectivity index (χ3n) is 3.52. The van der Waals surface area contributed by atoms with Gasteiger partial charge in [0.1, 0.15) is 5.75 Å². The minimum Gasteiger partial charge on any atom is -0.493 e. The first-order valence-electron chi connectivity index (χ1n) is 7.73. The minimum atomic E-state index is 0.778. The van der Waals surface area contributed by atoms with Crippen molar-refractivity contribution in [3.05, 3.63) is 64.7 Å². The molecule has 21 heavy (non-hydrogen) atoms. The largest absolute Gasteiger partial charge is 0.493 e. The van der Waals surface area contributed by atoms with Gasteiger partial charge in [0.15, 0.2) is 0 Å². The predicted octanol–water partition coefficient (Wildman–Crippen LogP) is 5.52. The SMILES string of the molecule is CCCOc1ccc(/C=C/c2ccc(CC)cc2)cc1C. The van der Waals surface area contributed by atoms with E-state index in [0.29, 0.717) is 0 Å². The molecule has 0 atom stereocenters. The summed E-state index contributed by atoms with van der Waals surface area (Å²) in [5, 5.41) is 0. The van der Waals surface area contributed by atoms with Crippen LogP contribution in [0, 0.1) is 6.92 Å². The third-order valence-corrected chi connectivity index (χ3v) is 3.52. The Morgan fingerprint density at radius 3 is 2.19 bits per heavy atom. The fourth-order valence-electron chi connectivity index (χ4n) is 2.21. The van der Waals surface area contributed by atoms with Crippen molar-refractivity contribution >= 4 is 12.2 Å². The van der Waals surface area contributed by atoms with Crippen molar-refractivity contribution in [1.29, 1.82) is 0 Å². The highest BCUT2D eigenvalue weighted by molar-refractivity contribution is 5.70. The first-order chi connectivity index (χ1) is 10.2. The maximum absolute atomic E-state index is 5.71. The van der Waals surface area contributed by atoms with Crippen LogP contribution in [0.15, 0.2) is 42.5 Å². The Balaban J connectivity index is 2.07. The summed E-state index contributed by atoms with van der Waals surface area (Å²) < 4.78 is 5.71. The second kappa shape index (κ2) is 7.68. The van der Waals surface area contributed by atoms with Crippen LogP contribution in [0.2, 0.25) is 0 Å². The van der Waals surface area contributed by atoms with Crippen molar-refractivity contribution in [3.63, 3.8) is 0 Å². The van der Waals surface area contributed by atoms with E-state index in [-0.39, 0.29) is 0 Å². The molecular formula is C20H24O. The number of benzene rings is 2. The van der Waals surface area contributed by atoms with E-state index < -0.39 is 0 Å². The van der Waals surface area contributed by atoms with Crippen molar-refractivity contribution in [2.75, 3.05) is 6.61 Å². The van der Waals surface area contributed by atoms with Crippen molar-refractivity contribution in [2.24, 2.45) is 0 Å². The quantitative estimate of drug-likeness (QED) is 0.633. The Labute approximate surface area is 128 Å². The second-order valence-corrected chi connectivity index (χ2v) is 5.30. The minimum absolute atomic E-state index is 0.778. The topological polar surface area (TPSA) is 9.23 Å². The average Bonchev–Trinajstić information content (AvgIpc) is 2.52. The summed E-state index contributed by atoms with van der Waals surface area (Å²) in [6, 6.07) is 15.0. The standard InChI is InChI=1S/C20H24O/c1-4-14-21-20-13-12-19(15-16(20)3)11-10-18-8-6-17(5-2)7-9-18/h6-13,15H,4-5,14H2,1-3H3/b11-10+. The molecule has 0 aliphatic carbocycles. The molecule has 0 bridgehead atoms. The molecule has 0 aliphatic heterocycles. The Morgan fingerprint density at radius 1 is 0.905 bits per heavy atom. The molecule has 0 spiro atoms. The van der Waals surface area contributed by atoms with Crippen LogP contribution in [0.25, 0.3) is 12.2 Å². The lowest BCUT2D eigenvalue weighted by molar-refractivity contribution is 0.315. The third kappa shape index (κ3) is 4.49. The van der Waals surface area contributed by atoms with Crippen molar-refractivity contribution in [1.82, 2.24) is 0 Å². The smallest absolute Gasteiger partial charge is 0.122 e. The van der Waals surface area contributed by atoms with Gasteiger partial charge in [-0.15, -0.1) is 0 Å². The van der Waals surface area contributed by atoms with Gasteiger partial charge in [-0.3, -0.25) is 0 Å². The Bertz CT molecular complexity index is 594. The lowest BCUT2D eigenvalue weighted by Gasteiger charge is -2.08. The molecule has 0 N–H and O–H groups in total. The molecule has 2 aromatic carbocycles. The molecule has 0 saturated carbocycles. The van der Waals surface area contributed by atoms with E-state index in [2.05, 4.69) is 75.4 Å². The van der Waals surface area contributed by atoms with Gasteiger partial charge in [-0.2, -0.15) is 0 Å². The number of hydrogen-bond acceptors (Lipinski definition) is 1. The maximum atomic E-state index is 5.71. The first-order valence-corrected chi connectivity index (χ1v) is 7.73. The van der Waals surface area contributed by atoms with E-state index in [1.807, 2.05) is 0 Å². The van der Waals surface area contributed by atoms with Crippen LogP contribution in [0.4, 0.5) is 0 Å². The summed E-state index contributed by atoms with van der Waals surface area (Å²) in [4.78, 5) is 0. The van der Waals surface area contributed by atoms with E-state index in [1.54, 1.807) is 0 Å². The molecule has 0 unspecified atom stereocenters. The summed E-state index contributed by atoms with van der Waals surface area (Å²) in [6.45, 7) is 7.17. The highest BCUT2D eigenvalue weighted by Crippen LogP contribution is 2.20. The van der Waals surface area contributed by atoms with E-state index in [9.17, 15) is 0 Å². The summed E-state index contributed by atoms with van der Waals surface area (Å²) >= 11 is 0. The average molecular weight is 280 g/mol. The van der Waals surface area contributed by atoms with Gasteiger partial charge in [-0.05, 0) is 54.2 Å². The lowest BCUT2D eigenvalue weighted by Crippen LogP contribution is -1.96. The van der Waals surface area contributed by atoms with E-state index in [4.69, 9.17) is 4.74 Å². The zero-order chi connectivity index (χ0) is 15.1. The summed E-state index contributed by atoms with van der Waals surface area (Å²) in [6.07, 6.45) is 6.43. The summed E-state index contributed by atoms with van der Waals surface area (Å²) in [7, 11) is 0. The molecule has 0 radical (unpaired) electrons. The molecule has 1 heteroatoms. The van der Waals surface area contributed by atoms with E-state index in [1.165, 1.54) is 22.3 Å². The monoisotopic (exact) mass is 280 g/mol. The molecule has 0 aliphatic rings. The molecule has 0 aromatic heterocycles.